The van der Waals surface area contributed by atoms with Gasteiger partial charge in [0.2, 0.25) is 0 Å². The number of hydrogen-bond acceptors (Lipinski definition) is 7. The number of phosphoric acid groups is 1. The number of likely N-dealkylation sites (N-methyl/N-ethyl adjacent to an activating group) is 1. The topological polar surface area (TPSA) is 94.1 Å². The molecule has 0 aromatic carbocycles. The summed E-state index contributed by atoms with van der Waals surface area (Å²) in [5, 5.41) is 0. The molecular weight excluding hydrogens is 878 g/mol. The number of carbonyl (C=O) groups excluding carboxylic acids is 1. The smallest absolute Gasteiger partial charge is 0.306 e. The number of quaternary nitrogens is 1. The van der Waals surface area contributed by atoms with Gasteiger partial charge in [-0.15, -0.1) is 0 Å². The first kappa shape index (κ1) is 66.7. The van der Waals surface area contributed by atoms with Gasteiger partial charge in [-0.25, -0.2) is 0 Å². The second-order valence-corrected chi connectivity index (χ2v) is 21.3. The van der Waals surface area contributed by atoms with Crippen LogP contribution in [0.4, 0.5) is 0 Å². The zero-order valence-electron chi connectivity index (χ0n) is 45.5. The van der Waals surface area contributed by atoms with Gasteiger partial charge in [0.1, 0.15) is 19.3 Å². The van der Waals surface area contributed by atoms with Crippen LogP contribution < -0.4 is 4.89 Å². The van der Waals surface area contributed by atoms with Crippen molar-refractivity contribution < 1.29 is 37.3 Å². The molecule has 0 amide bonds. The number of allylic oxidation sites excluding steroid dienone is 14. The van der Waals surface area contributed by atoms with Gasteiger partial charge in [-0.1, -0.05) is 247 Å². The van der Waals surface area contributed by atoms with E-state index < -0.39 is 13.9 Å². The van der Waals surface area contributed by atoms with E-state index in [-0.39, 0.29) is 32.2 Å². The van der Waals surface area contributed by atoms with Crippen molar-refractivity contribution in [3.05, 3.63) is 85.1 Å². The van der Waals surface area contributed by atoms with Crippen LogP contribution in [0.5, 0.6) is 0 Å². The lowest BCUT2D eigenvalue weighted by Crippen LogP contribution is -2.37. The summed E-state index contributed by atoms with van der Waals surface area (Å²) in [6, 6.07) is 0. The third kappa shape index (κ3) is 56.5. The molecule has 400 valence electrons. The highest BCUT2D eigenvalue weighted by atomic mass is 31.2. The molecule has 0 aromatic rings. The summed E-state index contributed by atoms with van der Waals surface area (Å²) in [6.45, 7) is 5.24. The normalized spacial score (nSPS) is 14.1. The first-order valence-corrected chi connectivity index (χ1v) is 29.8. The fraction of sp³-hybridized carbons (Fsp3) is 0.750. The maximum atomic E-state index is 12.8. The average Bonchev–Trinajstić information content (AvgIpc) is 3.31. The molecule has 0 aliphatic rings. The van der Waals surface area contributed by atoms with Crippen LogP contribution in [0.25, 0.3) is 0 Å². The van der Waals surface area contributed by atoms with E-state index in [1.165, 1.54) is 141 Å². The van der Waals surface area contributed by atoms with E-state index in [1.807, 2.05) is 21.1 Å². The second-order valence-electron chi connectivity index (χ2n) is 19.9. The van der Waals surface area contributed by atoms with E-state index in [1.54, 1.807) is 0 Å². The molecule has 0 aliphatic heterocycles. The fourth-order valence-corrected chi connectivity index (χ4v) is 8.38. The van der Waals surface area contributed by atoms with Gasteiger partial charge >= 0.3 is 5.97 Å². The molecule has 0 saturated heterocycles. The summed E-state index contributed by atoms with van der Waals surface area (Å²) in [6.07, 6.45) is 70.7. The van der Waals surface area contributed by atoms with Crippen LogP contribution in [0.1, 0.15) is 232 Å². The van der Waals surface area contributed by atoms with Crippen molar-refractivity contribution in [1.29, 1.82) is 0 Å². The summed E-state index contributed by atoms with van der Waals surface area (Å²) >= 11 is 0. The molecule has 9 heteroatoms. The summed E-state index contributed by atoms with van der Waals surface area (Å²) in [5.74, 6) is -0.390. The van der Waals surface area contributed by atoms with Crippen LogP contribution in [0.15, 0.2) is 85.1 Å². The quantitative estimate of drug-likeness (QED) is 0.0197. The molecule has 8 nitrogen and oxygen atoms in total. The predicted octanol–water partition coefficient (Wildman–Crippen LogP) is 17.3. The first-order chi connectivity index (χ1) is 33.6. The lowest BCUT2D eigenvalue weighted by molar-refractivity contribution is -0.870. The van der Waals surface area contributed by atoms with Crippen molar-refractivity contribution in [2.24, 2.45) is 0 Å². The third-order valence-electron chi connectivity index (χ3n) is 12.0. The molecule has 0 radical (unpaired) electrons. The highest BCUT2D eigenvalue weighted by Crippen LogP contribution is 2.38. The lowest BCUT2D eigenvalue weighted by atomic mass is 10.0. The molecule has 0 aliphatic carbocycles. The maximum absolute atomic E-state index is 12.8. The van der Waals surface area contributed by atoms with Crippen LogP contribution in [0, 0.1) is 0 Å². The van der Waals surface area contributed by atoms with Crippen LogP contribution in [0.3, 0.4) is 0 Å². The monoisotopic (exact) mass is 986 g/mol. The molecule has 0 aromatic heterocycles. The van der Waals surface area contributed by atoms with Gasteiger partial charge < -0.3 is 27.9 Å². The van der Waals surface area contributed by atoms with Crippen molar-refractivity contribution in [1.82, 2.24) is 0 Å². The van der Waals surface area contributed by atoms with E-state index >= 15 is 0 Å². The van der Waals surface area contributed by atoms with Crippen molar-refractivity contribution in [3.63, 3.8) is 0 Å². The zero-order valence-corrected chi connectivity index (χ0v) is 46.4. The molecule has 0 fully saturated rings. The zero-order chi connectivity index (χ0) is 50.5. The molecule has 0 heterocycles. The highest BCUT2D eigenvalue weighted by molar-refractivity contribution is 7.45. The van der Waals surface area contributed by atoms with Crippen molar-refractivity contribution in [2.75, 3.05) is 54.1 Å². The van der Waals surface area contributed by atoms with Gasteiger partial charge in [-0.05, 0) is 64.2 Å². The Morgan fingerprint density at radius 3 is 1.20 bits per heavy atom. The van der Waals surface area contributed by atoms with Gasteiger partial charge in [0.05, 0.1) is 34.4 Å². The molecule has 0 saturated carbocycles. The first-order valence-electron chi connectivity index (χ1n) is 28.3. The van der Waals surface area contributed by atoms with E-state index in [0.717, 1.165) is 64.2 Å². The number of hydrogen-bond donors (Lipinski definition) is 0. The highest BCUT2D eigenvalue weighted by Gasteiger charge is 2.20. The van der Waals surface area contributed by atoms with Gasteiger partial charge in [-0.3, -0.25) is 9.36 Å². The standard InChI is InChI=1S/C60H108NO7P/c1-6-8-10-12-14-16-18-20-22-24-26-28-30-32-34-36-38-40-42-44-46-48-50-52-55-65-57-59(58-67-69(63,64)66-56-54-61(3,4)5)68-60(62)53-51-49-47-45-43-41-39-37-35-33-31-29-27-25-23-21-19-17-15-13-11-9-7-2/h9,11,15,17,21,23,27,29,33,35,39,41,45,47,59H,6-8,10,12-14,16,18-20,22,24-26,28,30-32,34,36-38,40,42-44,46,48-58H2,1-5H3/b11-9-,17-15-,23-21-,29-27-,35-33-,41-39-,47-45-. The Kier molecular flexibility index (Phi) is 50.3. The second kappa shape index (κ2) is 52.0. The van der Waals surface area contributed by atoms with Crippen LogP contribution in [-0.4, -0.2) is 70.7 Å². The Hall–Kier alpha value is -2.32. The SMILES string of the molecule is CC/C=C\C/C=C\C/C=C\C/C=C\C/C=C\C/C=C\C/C=C\CCCC(=O)OC(COCCCCCCCCCCCCCCCCCCCCCCCCCC)COP(=O)([O-])OCC[N+](C)(C)C. The number of nitrogens with zero attached hydrogens (tertiary/aromatic N) is 1. The van der Waals surface area contributed by atoms with Crippen molar-refractivity contribution >= 4 is 13.8 Å². The van der Waals surface area contributed by atoms with E-state index in [0.29, 0.717) is 24.1 Å². The van der Waals surface area contributed by atoms with Gasteiger partial charge in [0.25, 0.3) is 7.82 Å². The van der Waals surface area contributed by atoms with E-state index in [2.05, 4.69) is 98.9 Å². The number of unbranched alkanes of at least 4 members (excludes halogenated alkanes) is 24. The summed E-state index contributed by atoms with van der Waals surface area (Å²) < 4.78 is 34.8. The minimum Gasteiger partial charge on any atom is -0.756 e. The van der Waals surface area contributed by atoms with Gasteiger partial charge in [-0.2, -0.15) is 0 Å². The number of esters is 1. The Bertz CT molecular complexity index is 1380. The Balaban J connectivity index is 4.18. The molecule has 69 heavy (non-hydrogen) atoms. The molecule has 2 atom stereocenters. The van der Waals surface area contributed by atoms with Crippen LogP contribution in [-0.2, 0) is 27.9 Å². The van der Waals surface area contributed by atoms with E-state index in [9.17, 15) is 14.3 Å². The molecule has 0 spiro atoms. The number of carbonyl (C=O) groups is 1. The maximum Gasteiger partial charge on any atom is 0.306 e. The predicted molar refractivity (Wildman–Crippen MR) is 295 cm³/mol. The molecule has 0 bridgehead atoms. The molecular formula is C60H108NO7P. The van der Waals surface area contributed by atoms with Crippen LogP contribution in [0.2, 0.25) is 0 Å². The summed E-state index contributed by atoms with van der Waals surface area (Å²) in [4.78, 5) is 25.2. The summed E-state index contributed by atoms with van der Waals surface area (Å²) in [7, 11) is 1.32. The number of phosphoric ester groups is 1. The fourth-order valence-electron chi connectivity index (χ4n) is 7.66. The summed E-state index contributed by atoms with van der Waals surface area (Å²) in [5.41, 5.74) is 0. The molecule has 2 unspecified atom stereocenters. The number of rotatable bonds is 52. The van der Waals surface area contributed by atoms with Crippen molar-refractivity contribution in [3.8, 4) is 0 Å². The minimum atomic E-state index is -4.55. The Morgan fingerprint density at radius 1 is 0.464 bits per heavy atom. The van der Waals surface area contributed by atoms with Crippen LogP contribution >= 0.6 is 7.82 Å². The van der Waals surface area contributed by atoms with Gasteiger partial charge in [0, 0.05) is 13.0 Å². The average molecular weight is 986 g/mol. The molecule has 0 rings (SSSR count). The minimum absolute atomic E-state index is 0.0123. The van der Waals surface area contributed by atoms with Gasteiger partial charge in [0.15, 0.2) is 0 Å². The number of ether oxygens (including phenoxy) is 2. The molecule has 0 N–H and O–H groups in total. The Labute approximate surface area is 426 Å². The largest absolute Gasteiger partial charge is 0.756 e. The third-order valence-corrected chi connectivity index (χ3v) is 12.9. The van der Waals surface area contributed by atoms with Crippen molar-refractivity contribution in [2.45, 2.75) is 238 Å². The van der Waals surface area contributed by atoms with E-state index in [4.69, 9.17) is 18.5 Å². The Morgan fingerprint density at radius 2 is 0.826 bits per heavy atom. The lowest BCUT2D eigenvalue weighted by Gasteiger charge is -2.28.